The summed E-state index contributed by atoms with van der Waals surface area (Å²) in [6, 6.07) is 8.54. The summed E-state index contributed by atoms with van der Waals surface area (Å²) < 4.78 is 0. The number of rotatable bonds is 4. The van der Waals surface area contributed by atoms with Crippen LogP contribution in [0.5, 0.6) is 0 Å². The molecule has 1 saturated carbocycles. The van der Waals surface area contributed by atoms with E-state index in [9.17, 15) is 9.59 Å². The first kappa shape index (κ1) is 17.0. The van der Waals surface area contributed by atoms with E-state index in [1.165, 1.54) is 31.2 Å². The molecule has 0 spiro atoms. The molecule has 2 aliphatic rings. The summed E-state index contributed by atoms with van der Waals surface area (Å²) >= 11 is 0. The second-order valence-corrected chi connectivity index (χ2v) is 7.36. The van der Waals surface area contributed by atoms with Gasteiger partial charge in [-0.25, -0.2) is 0 Å². The molecule has 1 N–H and O–H groups in total. The van der Waals surface area contributed by atoms with Gasteiger partial charge in [0, 0.05) is 25.6 Å². The molecule has 1 saturated heterocycles. The Bertz CT molecular complexity index is 574. The Labute approximate surface area is 144 Å². The van der Waals surface area contributed by atoms with E-state index in [2.05, 4.69) is 36.5 Å². The smallest absolute Gasteiger partial charge is 0.225 e. The van der Waals surface area contributed by atoms with Crippen LogP contribution in [0, 0.1) is 12.8 Å². The van der Waals surface area contributed by atoms with Crippen molar-refractivity contribution < 1.29 is 9.59 Å². The number of likely N-dealkylation sites (tertiary alicyclic amines) is 1. The van der Waals surface area contributed by atoms with Gasteiger partial charge in [0.2, 0.25) is 11.8 Å². The Morgan fingerprint density at radius 1 is 1.12 bits per heavy atom. The predicted octanol–water partition coefficient (Wildman–Crippen LogP) is 3.18. The number of amides is 2. The second-order valence-electron chi connectivity index (χ2n) is 7.36. The number of benzene rings is 1. The highest BCUT2D eigenvalue weighted by Gasteiger charge is 2.34. The zero-order valence-corrected chi connectivity index (χ0v) is 14.6. The van der Waals surface area contributed by atoms with Gasteiger partial charge in [0.1, 0.15) is 0 Å². The van der Waals surface area contributed by atoms with Crippen LogP contribution in [0.25, 0.3) is 0 Å². The minimum atomic E-state index is -0.189. The van der Waals surface area contributed by atoms with Crippen molar-refractivity contribution in [3.8, 4) is 0 Å². The van der Waals surface area contributed by atoms with Crippen LogP contribution in [0.1, 0.15) is 56.1 Å². The molecular weight excluding hydrogens is 300 g/mol. The third-order valence-corrected chi connectivity index (χ3v) is 5.28. The molecular formula is C20H28N2O2. The summed E-state index contributed by atoms with van der Waals surface area (Å²) in [4.78, 5) is 26.6. The summed E-state index contributed by atoms with van der Waals surface area (Å²) in [5, 5.41) is 3.20. The first-order valence-electron chi connectivity index (χ1n) is 9.25. The van der Waals surface area contributed by atoms with Gasteiger partial charge in [-0.1, -0.05) is 55.5 Å². The maximum Gasteiger partial charge on any atom is 0.225 e. The maximum atomic E-state index is 12.5. The summed E-state index contributed by atoms with van der Waals surface area (Å²) in [5.41, 5.74) is 2.34. The van der Waals surface area contributed by atoms with E-state index in [1.807, 2.05) is 4.90 Å². The van der Waals surface area contributed by atoms with E-state index < -0.39 is 0 Å². The molecule has 0 bridgehead atoms. The quantitative estimate of drug-likeness (QED) is 0.863. The molecule has 1 heterocycles. The summed E-state index contributed by atoms with van der Waals surface area (Å²) in [5.74, 6) is -0.0237. The van der Waals surface area contributed by atoms with Gasteiger partial charge in [0.05, 0.1) is 5.92 Å². The van der Waals surface area contributed by atoms with Gasteiger partial charge in [0.15, 0.2) is 0 Å². The van der Waals surface area contributed by atoms with Crippen LogP contribution in [-0.2, 0) is 16.1 Å². The molecule has 0 unspecified atom stereocenters. The molecule has 2 fully saturated rings. The van der Waals surface area contributed by atoms with Crippen molar-refractivity contribution in [2.75, 3.05) is 6.54 Å². The van der Waals surface area contributed by atoms with Crippen molar-refractivity contribution in [1.29, 1.82) is 0 Å². The molecule has 1 aromatic rings. The lowest BCUT2D eigenvalue weighted by atomic mass is 10.0. The highest BCUT2D eigenvalue weighted by molar-refractivity contribution is 5.89. The van der Waals surface area contributed by atoms with E-state index in [1.54, 1.807) is 0 Å². The van der Waals surface area contributed by atoms with E-state index >= 15 is 0 Å². The normalized spacial score (nSPS) is 22.5. The van der Waals surface area contributed by atoms with E-state index in [4.69, 9.17) is 0 Å². The standard InChI is InChI=1S/C20H28N2O2/c1-15-8-10-16(11-9-15)13-22-14-17(12-19(22)23)20(24)21-18-6-4-2-3-5-7-18/h8-11,17-18H,2-7,12-14H2,1H3,(H,21,24)/t17-/m0/s1. The molecule has 130 valence electrons. The first-order valence-corrected chi connectivity index (χ1v) is 9.25. The lowest BCUT2D eigenvalue weighted by molar-refractivity contribution is -0.129. The van der Waals surface area contributed by atoms with Gasteiger partial charge < -0.3 is 10.2 Å². The lowest BCUT2D eigenvalue weighted by Gasteiger charge is -2.20. The first-order chi connectivity index (χ1) is 11.6. The molecule has 0 aromatic heterocycles. The molecule has 24 heavy (non-hydrogen) atoms. The van der Waals surface area contributed by atoms with Crippen molar-refractivity contribution in [2.24, 2.45) is 5.92 Å². The Morgan fingerprint density at radius 2 is 1.79 bits per heavy atom. The topological polar surface area (TPSA) is 49.4 Å². The van der Waals surface area contributed by atoms with Gasteiger partial charge in [0.25, 0.3) is 0 Å². The van der Waals surface area contributed by atoms with Crippen LogP contribution in [0.3, 0.4) is 0 Å². The van der Waals surface area contributed by atoms with Crippen LogP contribution in [0.4, 0.5) is 0 Å². The zero-order chi connectivity index (χ0) is 16.9. The Morgan fingerprint density at radius 3 is 2.46 bits per heavy atom. The van der Waals surface area contributed by atoms with Crippen molar-refractivity contribution >= 4 is 11.8 Å². The number of hydrogen-bond donors (Lipinski definition) is 1. The maximum absolute atomic E-state index is 12.5. The van der Waals surface area contributed by atoms with E-state index in [-0.39, 0.29) is 17.7 Å². The minimum absolute atomic E-state index is 0.0710. The largest absolute Gasteiger partial charge is 0.353 e. The lowest BCUT2D eigenvalue weighted by Crippen LogP contribution is -2.39. The zero-order valence-electron chi connectivity index (χ0n) is 14.6. The SMILES string of the molecule is Cc1ccc(CN2C[C@@H](C(=O)NC3CCCCCC3)CC2=O)cc1. The molecule has 1 aliphatic carbocycles. The molecule has 1 atom stereocenters. The van der Waals surface area contributed by atoms with E-state index in [0.29, 0.717) is 25.6 Å². The highest BCUT2D eigenvalue weighted by atomic mass is 16.2. The molecule has 0 radical (unpaired) electrons. The Hall–Kier alpha value is -1.84. The van der Waals surface area contributed by atoms with Crippen LogP contribution in [0.2, 0.25) is 0 Å². The number of nitrogens with one attached hydrogen (secondary N) is 1. The average Bonchev–Trinajstić information content (AvgIpc) is 2.77. The monoisotopic (exact) mass is 328 g/mol. The molecule has 2 amide bonds. The Balaban J connectivity index is 1.53. The summed E-state index contributed by atoms with van der Waals surface area (Å²) in [6.07, 6.45) is 7.47. The fourth-order valence-electron chi connectivity index (χ4n) is 3.76. The minimum Gasteiger partial charge on any atom is -0.353 e. The third kappa shape index (κ3) is 4.37. The molecule has 1 aliphatic heterocycles. The fourth-order valence-corrected chi connectivity index (χ4v) is 3.76. The average molecular weight is 328 g/mol. The number of aryl methyl sites for hydroxylation is 1. The molecule has 3 rings (SSSR count). The van der Waals surface area contributed by atoms with Crippen LogP contribution in [0.15, 0.2) is 24.3 Å². The van der Waals surface area contributed by atoms with Gasteiger partial charge in [-0.3, -0.25) is 9.59 Å². The van der Waals surface area contributed by atoms with Gasteiger partial charge in [-0.2, -0.15) is 0 Å². The predicted molar refractivity (Wildman–Crippen MR) is 94.3 cm³/mol. The van der Waals surface area contributed by atoms with Crippen molar-refractivity contribution in [2.45, 2.75) is 64.5 Å². The summed E-state index contributed by atoms with van der Waals surface area (Å²) in [6.45, 7) is 3.20. The van der Waals surface area contributed by atoms with Crippen LogP contribution < -0.4 is 5.32 Å². The molecule has 1 aromatic carbocycles. The van der Waals surface area contributed by atoms with Crippen LogP contribution >= 0.6 is 0 Å². The van der Waals surface area contributed by atoms with Gasteiger partial charge >= 0.3 is 0 Å². The van der Waals surface area contributed by atoms with Crippen molar-refractivity contribution in [3.63, 3.8) is 0 Å². The number of hydrogen-bond acceptors (Lipinski definition) is 2. The van der Waals surface area contributed by atoms with Gasteiger partial charge in [-0.05, 0) is 25.3 Å². The third-order valence-electron chi connectivity index (χ3n) is 5.28. The van der Waals surface area contributed by atoms with Crippen LogP contribution in [-0.4, -0.2) is 29.3 Å². The fraction of sp³-hybridized carbons (Fsp3) is 0.600. The van der Waals surface area contributed by atoms with Crippen molar-refractivity contribution in [1.82, 2.24) is 10.2 Å². The molecule has 4 heteroatoms. The number of carbonyl (C=O) groups excluding carboxylic acids is 2. The molecule has 4 nitrogen and oxygen atoms in total. The van der Waals surface area contributed by atoms with Gasteiger partial charge in [-0.15, -0.1) is 0 Å². The number of carbonyl (C=O) groups is 2. The number of nitrogens with zero attached hydrogens (tertiary/aromatic N) is 1. The van der Waals surface area contributed by atoms with E-state index in [0.717, 1.165) is 18.4 Å². The van der Waals surface area contributed by atoms with Crippen molar-refractivity contribution in [3.05, 3.63) is 35.4 Å². The Kier molecular flexibility index (Phi) is 5.54. The highest BCUT2D eigenvalue weighted by Crippen LogP contribution is 2.22. The summed E-state index contributed by atoms with van der Waals surface area (Å²) in [7, 11) is 0. The second kappa shape index (κ2) is 7.82.